The third-order valence-electron chi connectivity index (χ3n) is 2.29. The molecule has 0 spiro atoms. The minimum Gasteiger partial charge on any atom is -0.319 e. The van der Waals surface area contributed by atoms with Crippen molar-refractivity contribution in [2.24, 2.45) is 18.2 Å². The standard InChI is InChI=1S/C10H18N4O.ClH/c1-10(2,3)8(11)9(15)13-7-5-6-12-14(7)4;/h5-6,8H,11H2,1-4H3,(H,13,15);1H/t8-;/m1./s1. The highest BCUT2D eigenvalue weighted by molar-refractivity contribution is 5.94. The van der Waals surface area contributed by atoms with Crippen molar-refractivity contribution in [1.29, 1.82) is 0 Å². The largest absolute Gasteiger partial charge is 0.319 e. The maximum absolute atomic E-state index is 11.7. The zero-order chi connectivity index (χ0) is 11.6. The van der Waals surface area contributed by atoms with Crippen molar-refractivity contribution in [3.8, 4) is 0 Å². The first-order valence-electron chi connectivity index (χ1n) is 4.87. The predicted octanol–water partition coefficient (Wildman–Crippen LogP) is 1.15. The maximum atomic E-state index is 11.7. The number of carbonyl (C=O) groups excluding carboxylic acids is 1. The van der Waals surface area contributed by atoms with Crippen LogP contribution in [0.5, 0.6) is 0 Å². The lowest BCUT2D eigenvalue weighted by Gasteiger charge is -2.25. The molecular weight excluding hydrogens is 228 g/mol. The Morgan fingerprint density at radius 3 is 2.50 bits per heavy atom. The van der Waals surface area contributed by atoms with Crippen molar-refractivity contribution < 1.29 is 4.79 Å². The van der Waals surface area contributed by atoms with Crippen LogP contribution in [0.15, 0.2) is 12.3 Å². The van der Waals surface area contributed by atoms with Gasteiger partial charge in [0.05, 0.1) is 12.2 Å². The average molecular weight is 247 g/mol. The molecule has 3 N–H and O–H groups in total. The first kappa shape index (κ1) is 14.9. The maximum Gasteiger partial charge on any atom is 0.242 e. The highest BCUT2D eigenvalue weighted by Crippen LogP contribution is 2.18. The molecule has 1 aromatic rings. The van der Waals surface area contributed by atoms with Gasteiger partial charge in [-0.15, -0.1) is 12.4 Å². The van der Waals surface area contributed by atoms with Gasteiger partial charge in [0.2, 0.25) is 5.91 Å². The van der Waals surface area contributed by atoms with Crippen molar-refractivity contribution in [3.63, 3.8) is 0 Å². The summed E-state index contributed by atoms with van der Waals surface area (Å²) in [6, 6.07) is 1.19. The van der Waals surface area contributed by atoms with E-state index in [9.17, 15) is 4.79 Å². The van der Waals surface area contributed by atoms with Crippen LogP contribution in [0.2, 0.25) is 0 Å². The van der Waals surface area contributed by atoms with Crippen molar-refractivity contribution >= 4 is 24.1 Å². The highest BCUT2D eigenvalue weighted by Gasteiger charge is 2.27. The van der Waals surface area contributed by atoms with Crippen LogP contribution in [0.3, 0.4) is 0 Å². The zero-order valence-corrected chi connectivity index (χ0v) is 10.8. The summed E-state index contributed by atoms with van der Waals surface area (Å²) >= 11 is 0. The normalized spacial score (nSPS) is 12.8. The summed E-state index contributed by atoms with van der Waals surface area (Å²) in [4.78, 5) is 11.7. The Labute approximate surface area is 102 Å². The molecule has 1 aromatic heterocycles. The number of nitrogens with two attached hydrogens (primary N) is 1. The fraction of sp³-hybridized carbons (Fsp3) is 0.600. The molecule has 1 amide bonds. The minimum atomic E-state index is -0.535. The van der Waals surface area contributed by atoms with Gasteiger partial charge in [0.1, 0.15) is 5.82 Å². The third kappa shape index (κ3) is 3.50. The second-order valence-corrected chi connectivity index (χ2v) is 4.67. The third-order valence-corrected chi connectivity index (χ3v) is 2.29. The number of carbonyl (C=O) groups is 1. The smallest absolute Gasteiger partial charge is 0.242 e. The lowest BCUT2D eigenvalue weighted by molar-refractivity contribution is -0.119. The lowest BCUT2D eigenvalue weighted by Crippen LogP contribution is -2.45. The van der Waals surface area contributed by atoms with Gasteiger partial charge in [-0.2, -0.15) is 5.10 Å². The molecule has 0 saturated carbocycles. The quantitative estimate of drug-likeness (QED) is 0.822. The van der Waals surface area contributed by atoms with E-state index in [2.05, 4.69) is 10.4 Å². The second-order valence-electron chi connectivity index (χ2n) is 4.67. The fourth-order valence-corrected chi connectivity index (χ4v) is 1.09. The number of anilines is 1. The Morgan fingerprint density at radius 2 is 2.12 bits per heavy atom. The monoisotopic (exact) mass is 246 g/mol. The minimum absolute atomic E-state index is 0. The molecule has 1 heterocycles. The summed E-state index contributed by atoms with van der Waals surface area (Å²) in [7, 11) is 1.76. The number of rotatable bonds is 2. The van der Waals surface area contributed by atoms with Gasteiger partial charge in [-0.1, -0.05) is 20.8 Å². The van der Waals surface area contributed by atoms with E-state index in [0.717, 1.165) is 0 Å². The number of hydrogen-bond acceptors (Lipinski definition) is 3. The molecule has 1 atom stereocenters. The summed E-state index contributed by atoms with van der Waals surface area (Å²) in [6.45, 7) is 5.79. The van der Waals surface area contributed by atoms with Gasteiger partial charge in [0.15, 0.2) is 0 Å². The van der Waals surface area contributed by atoms with Gasteiger partial charge in [-0.3, -0.25) is 9.48 Å². The molecule has 0 radical (unpaired) electrons. The molecule has 0 aliphatic heterocycles. The molecule has 5 nitrogen and oxygen atoms in total. The molecule has 0 saturated heterocycles. The van der Waals surface area contributed by atoms with Gasteiger partial charge in [0.25, 0.3) is 0 Å². The molecule has 6 heteroatoms. The number of nitrogens with zero attached hydrogens (tertiary/aromatic N) is 2. The Balaban J connectivity index is 0.00000225. The number of hydrogen-bond donors (Lipinski definition) is 2. The lowest BCUT2D eigenvalue weighted by atomic mass is 9.87. The summed E-state index contributed by atoms with van der Waals surface area (Å²) in [5.41, 5.74) is 5.57. The summed E-state index contributed by atoms with van der Waals surface area (Å²) in [5, 5.41) is 6.69. The fourth-order valence-electron chi connectivity index (χ4n) is 1.09. The van der Waals surface area contributed by atoms with Crippen LogP contribution in [0.1, 0.15) is 20.8 Å². The molecular formula is C10H19ClN4O. The Kier molecular flexibility index (Phi) is 4.96. The van der Waals surface area contributed by atoms with Gasteiger partial charge >= 0.3 is 0 Å². The molecule has 92 valence electrons. The number of nitrogens with one attached hydrogen (secondary N) is 1. The molecule has 0 aliphatic carbocycles. The van der Waals surface area contributed by atoms with Crippen LogP contribution >= 0.6 is 12.4 Å². The van der Waals surface area contributed by atoms with Crippen LogP contribution < -0.4 is 11.1 Å². The summed E-state index contributed by atoms with van der Waals surface area (Å²) in [5.74, 6) is 0.464. The van der Waals surface area contributed by atoms with E-state index in [1.807, 2.05) is 20.8 Å². The Morgan fingerprint density at radius 1 is 1.56 bits per heavy atom. The molecule has 0 aromatic carbocycles. The molecule has 16 heavy (non-hydrogen) atoms. The van der Waals surface area contributed by atoms with Crippen LogP contribution in [0.25, 0.3) is 0 Å². The Bertz CT molecular complexity index is 356. The molecule has 0 bridgehead atoms. The summed E-state index contributed by atoms with van der Waals surface area (Å²) < 4.78 is 1.59. The van der Waals surface area contributed by atoms with Gasteiger partial charge < -0.3 is 11.1 Å². The predicted molar refractivity (Wildman–Crippen MR) is 66.5 cm³/mol. The van der Waals surface area contributed by atoms with Crippen molar-refractivity contribution in [2.45, 2.75) is 26.8 Å². The average Bonchev–Trinajstić information content (AvgIpc) is 2.49. The first-order chi connectivity index (χ1) is 6.82. The number of aromatic nitrogens is 2. The van der Waals surface area contributed by atoms with Gasteiger partial charge in [-0.25, -0.2) is 0 Å². The van der Waals surface area contributed by atoms with Crippen molar-refractivity contribution in [1.82, 2.24) is 9.78 Å². The summed E-state index contributed by atoms with van der Waals surface area (Å²) in [6.07, 6.45) is 1.62. The molecule has 1 rings (SSSR count). The van der Waals surface area contributed by atoms with Crippen LogP contribution in [-0.2, 0) is 11.8 Å². The Hall–Kier alpha value is -1.07. The van der Waals surface area contributed by atoms with E-state index in [1.165, 1.54) is 0 Å². The van der Waals surface area contributed by atoms with E-state index in [1.54, 1.807) is 24.0 Å². The van der Waals surface area contributed by atoms with Gasteiger partial charge in [-0.05, 0) is 5.41 Å². The number of aryl methyl sites for hydroxylation is 1. The van der Waals surface area contributed by atoms with Crippen molar-refractivity contribution in [3.05, 3.63) is 12.3 Å². The number of amides is 1. The van der Waals surface area contributed by atoms with E-state index in [0.29, 0.717) is 5.82 Å². The SMILES string of the molecule is Cl.Cn1nccc1NC(=O)[C@@H](N)C(C)(C)C. The van der Waals surface area contributed by atoms with E-state index in [-0.39, 0.29) is 23.7 Å². The van der Waals surface area contributed by atoms with E-state index >= 15 is 0 Å². The van der Waals surface area contributed by atoms with Crippen LogP contribution in [-0.4, -0.2) is 21.7 Å². The van der Waals surface area contributed by atoms with E-state index in [4.69, 9.17) is 5.73 Å². The van der Waals surface area contributed by atoms with Crippen LogP contribution in [0, 0.1) is 5.41 Å². The molecule has 0 unspecified atom stereocenters. The van der Waals surface area contributed by atoms with Crippen molar-refractivity contribution in [2.75, 3.05) is 5.32 Å². The zero-order valence-electron chi connectivity index (χ0n) is 10.0. The second kappa shape index (κ2) is 5.32. The molecule has 0 aliphatic rings. The first-order valence-corrected chi connectivity index (χ1v) is 4.87. The van der Waals surface area contributed by atoms with Crippen LogP contribution in [0.4, 0.5) is 5.82 Å². The molecule has 0 fully saturated rings. The van der Waals surface area contributed by atoms with E-state index < -0.39 is 6.04 Å². The van der Waals surface area contributed by atoms with Gasteiger partial charge in [0, 0.05) is 13.1 Å². The highest BCUT2D eigenvalue weighted by atomic mass is 35.5. The topological polar surface area (TPSA) is 72.9 Å². The number of halogens is 1.